The van der Waals surface area contributed by atoms with Gasteiger partial charge in [-0.05, 0) is 86.0 Å². The predicted octanol–water partition coefficient (Wildman–Crippen LogP) is 7.47. The first kappa shape index (κ1) is 23.8. The number of piperidine rings is 1. The van der Waals surface area contributed by atoms with E-state index in [0.29, 0.717) is 22.4 Å². The van der Waals surface area contributed by atoms with E-state index in [9.17, 15) is 4.79 Å². The molecule has 3 atom stereocenters. The lowest BCUT2D eigenvalue weighted by Crippen LogP contribution is -2.64. The quantitative estimate of drug-likeness (QED) is 0.341. The average molecular weight is 500 g/mol. The summed E-state index contributed by atoms with van der Waals surface area (Å²) in [6, 6.07) is 29.0. The molecule has 36 heavy (non-hydrogen) atoms. The van der Waals surface area contributed by atoms with Gasteiger partial charge in [0.1, 0.15) is 6.10 Å². The Kier molecular flexibility index (Phi) is 6.62. The molecule has 1 saturated heterocycles. The van der Waals surface area contributed by atoms with Crippen LogP contribution >= 0.6 is 11.6 Å². The summed E-state index contributed by atoms with van der Waals surface area (Å²) in [5.74, 6) is 0.710. The normalized spacial score (nSPS) is 30.1. The van der Waals surface area contributed by atoms with Crippen LogP contribution in [0.1, 0.15) is 71.8 Å². The zero-order chi connectivity index (χ0) is 24.5. The molecule has 3 nitrogen and oxygen atoms in total. The summed E-state index contributed by atoms with van der Waals surface area (Å²) < 4.78 is 6.46. The smallest absolute Gasteiger partial charge is 0.338 e. The highest BCUT2D eigenvalue weighted by molar-refractivity contribution is 6.30. The van der Waals surface area contributed by atoms with Crippen molar-refractivity contribution in [2.45, 2.75) is 62.0 Å². The maximum Gasteiger partial charge on any atom is 0.338 e. The van der Waals surface area contributed by atoms with Crippen LogP contribution in [0.4, 0.5) is 0 Å². The van der Waals surface area contributed by atoms with Crippen LogP contribution < -0.4 is 0 Å². The fourth-order valence-corrected chi connectivity index (χ4v) is 7.52. The van der Waals surface area contributed by atoms with Gasteiger partial charge in [0, 0.05) is 22.9 Å². The van der Waals surface area contributed by atoms with Gasteiger partial charge in [-0.1, -0.05) is 78.7 Å². The molecule has 4 fully saturated rings. The Morgan fingerprint density at radius 2 is 1.31 bits per heavy atom. The molecule has 3 aromatic carbocycles. The van der Waals surface area contributed by atoms with E-state index in [-0.39, 0.29) is 23.5 Å². The second-order valence-electron chi connectivity index (χ2n) is 10.9. The second-order valence-corrected chi connectivity index (χ2v) is 11.4. The molecule has 0 aromatic heterocycles. The number of nitrogens with zero attached hydrogens (tertiary/aromatic N) is 1. The molecule has 1 heterocycles. The topological polar surface area (TPSA) is 29.5 Å². The summed E-state index contributed by atoms with van der Waals surface area (Å²) in [6.45, 7) is 2.29. The van der Waals surface area contributed by atoms with E-state index in [1.54, 1.807) is 24.3 Å². The molecule has 0 amide bonds. The summed E-state index contributed by atoms with van der Waals surface area (Å²) in [7, 11) is 0. The molecule has 3 aliphatic carbocycles. The minimum Gasteiger partial charge on any atom is -0.458 e. The Balaban J connectivity index is 1.42. The largest absolute Gasteiger partial charge is 0.458 e. The zero-order valence-electron chi connectivity index (χ0n) is 20.7. The molecule has 186 valence electrons. The highest BCUT2D eigenvalue weighted by Gasteiger charge is 2.59. The van der Waals surface area contributed by atoms with Gasteiger partial charge >= 0.3 is 5.97 Å². The van der Waals surface area contributed by atoms with Crippen molar-refractivity contribution in [3.8, 4) is 0 Å². The number of halogens is 1. The van der Waals surface area contributed by atoms with Crippen molar-refractivity contribution in [3.63, 3.8) is 0 Å². The van der Waals surface area contributed by atoms with Crippen LogP contribution in [0.3, 0.4) is 0 Å². The monoisotopic (exact) mass is 499 g/mol. The number of hydrogen-bond donors (Lipinski definition) is 0. The summed E-state index contributed by atoms with van der Waals surface area (Å²) in [5, 5.41) is 0.626. The van der Waals surface area contributed by atoms with E-state index in [0.717, 1.165) is 32.4 Å². The second kappa shape index (κ2) is 10.0. The average Bonchev–Trinajstić information content (AvgIpc) is 2.94. The van der Waals surface area contributed by atoms with E-state index < -0.39 is 0 Å². The van der Waals surface area contributed by atoms with E-state index in [4.69, 9.17) is 16.3 Å². The Hall–Kier alpha value is -2.62. The number of esters is 1. The van der Waals surface area contributed by atoms with Crippen LogP contribution in [-0.2, 0) is 4.74 Å². The summed E-state index contributed by atoms with van der Waals surface area (Å²) in [5.41, 5.74) is 3.36. The van der Waals surface area contributed by atoms with Gasteiger partial charge in [-0.3, -0.25) is 4.90 Å². The van der Waals surface area contributed by atoms with Crippen molar-refractivity contribution in [1.82, 2.24) is 4.90 Å². The van der Waals surface area contributed by atoms with Gasteiger partial charge in [-0.2, -0.15) is 0 Å². The van der Waals surface area contributed by atoms with Gasteiger partial charge < -0.3 is 4.74 Å². The number of carbonyl (C=O) groups excluding carboxylic acids is 1. The van der Waals surface area contributed by atoms with Gasteiger partial charge in [-0.25, -0.2) is 4.79 Å². The number of hydrogen-bond acceptors (Lipinski definition) is 3. The molecule has 3 saturated carbocycles. The first-order valence-electron chi connectivity index (χ1n) is 13.4. The lowest BCUT2D eigenvalue weighted by atomic mass is 9.51. The summed E-state index contributed by atoms with van der Waals surface area (Å²) >= 11 is 6.08. The Labute approximate surface area is 219 Å². The first-order chi connectivity index (χ1) is 17.6. The molecule has 1 aliphatic heterocycles. The highest BCUT2D eigenvalue weighted by atomic mass is 35.5. The highest BCUT2D eigenvalue weighted by Crippen LogP contribution is 2.60. The third kappa shape index (κ3) is 4.48. The Morgan fingerprint density at radius 3 is 1.86 bits per heavy atom. The molecule has 0 spiro atoms. The molecule has 7 rings (SSSR count). The fraction of sp³-hybridized carbons (Fsp3) is 0.406. The van der Waals surface area contributed by atoms with Crippen LogP contribution in [-0.4, -0.2) is 35.6 Å². The number of benzene rings is 3. The molecular weight excluding hydrogens is 466 g/mol. The minimum atomic E-state index is -0.239. The third-order valence-corrected chi connectivity index (χ3v) is 9.21. The van der Waals surface area contributed by atoms with Crippen molar-refractivity contribution in [2.75, 3.05) is 13.1 Å². The van der Waals surface area contributed by atoms with Gasteiger partial charge in [-0.15, -0.1) is 0 Å². The maximum atomic E-state index is 13.4. The summed E-state index contributed by atoms with van der Waals surface area (Å²) in [4.78, 5) is 16.2. The fourth-order valence-electron chi connectivity index (χ4n) is 7.40. The molecule has 4 heteroatoms. The maximum absolute atomic E-state index is 13.4. The van der Waals surface area contributed by atoms with Crippen LogP contribution in [0, 0.1) is 5.92 Å². The van der Waals surface area contributed by atoms with Gasteiger partial charge in [0.15, 0.2) is 0 Å². The lowest BCUT2D eigenvalue weighted by Gasteiger charge is -2.62. The Morgan fingerprint density at radius 1 is 0.750 bits per heavy atom. The molecule has 2 bridgehead atoms. The lowest BCUT2D eigenvalue weighted by molar-refractivity contribution is -0.115. The minimum absolute atomic E-state index is 0.0428. The van der Waals surface area contributed by atoms with Crippen molar-refractivity contribution in [2.24, 2.45) is 5.92 Å². The molecule has 0 unspecified atom stereocenters. The SMILES string of the molecule is O=C(O[C@@H]1CC2(N3CCCCC3)C[C@@H](c3ccccc3)C1[C@H](c1ccccc1)C2)c1ccc(Cl)cc1. The van der Waals surface area contributed by atoms with Gasteiger partial charge in [0.05, 0.1) is 5.56 Å². The van der Waals surface area contributed by atoms with E-state index >= 15 is 0 Å². The summed E-state index contributed by atoms with van der Waals surface area (Å²) in [6.07, 6.45) is 6.89. The first-order valence-corrected chi connectivity index (χ1v) is 13.8. The molecule has 4 aliphatic rings. The number of carbonyl (C=O) groups is 1. The van der Waals surface area contributed by atoms with Crippen LogP contribution in [0.25, 0.3) is 0 Å². The van der Waals surface area contributed by atoms with Crippen LogP contribution in [0.5, 0.6) is 0 Å². The van der Waals surface area contributed by atoms with E-state index in [1.165, 1.54) is 30.4 Å². The van der Waals surface area contributed by atoms with Gasteiger partial charge in [0.25, 0.3) is 0 Å². The number of ether oxygens (including phenoxy) is 1. The number of rotatable bonds is 5. The van der Waals surface area contributed by atoms with Crippen molar-refractivity contribution < 1.29 is 9.53 Å². The standard InChI is InChI=1S/C32H34ClNO2/c33-26-16-14-25(15-17-26)31(35)36-29-22-32(34-18-8-3-9-19-34)20-27(23-10-4-1-5-11-23)30(29)28(21-32)24-12-6-2-7-13-24/h1-2,4-7,10-17,27-30H,3,8-9,18-22H2/t27-,28-,29+,30?,32?/m0/s1. The molecule has 0 N–H and O–H groups in total. The van der Waals surface area contributed by atoms with Crippen LogP contribution in [0.2, 0.25) is 5.02 Å². The van der Waals surface area contributed by atoms with E-state index in [1.807, 2.05) is 0 Å². The molecule has 0 radical (unpaired) electrons. The van der Waals surface area contributed by atoms with Crippen molar-refractivity contribution >= 4 is 17.6 Å². The van der Waals surface area contributed by atoms with Gasteiger partial charge in [0.2, 0.25) is 0 Å². The zero-order valence-corrected chi connectivity index (χ0v) is 21.4. The number of fused-ring (bicyclic) bond motifs is 3. The predicted molar refractivity (Wildman–Crippen MR) is 145 cm³/mol. The number of likely N-dealkylation sites (tertiary alicyclic amines) is 1. The van der Waals surface area contributed by atoms with Crippen molar-refractivity contribution in [1.29, 1.82) is 0 Å². The molecular formula is C32H34ClNO2. The molecule has 3 aromatic rings. The Bertz CT molecular complexity index is 1120. The van der Waals surface area contributed by atoms with E-state index in [2.05, 4.69) is 65.6 Å². The third-order valence-electron chi connectivity index (χ3n) is 8.96. The van der Waals surface area contributed by atoms with Crippen LogP contribution in [0.15, 0.2) is 84.9 Å². The van der Waals surface area contributed by atoms with Crippen molar-refractivity contribution in [3.05, 3.63) is 107 Å².